The first-order valence-electron chi connectivity index (χ1n) is 8.64. The molecular formula is C19H21N5O. The summed E-state index contributed by atoms with van der Waals surface area (Å²) in [6, 6.07) is 9.40. The number of nitrogens with zero attached hydrogens (tertiary/aromatic N) is 4. The van der Waals surface area contributed by atoms with Gasteiger partial charge in [0.05, 0.1) is 29.2 Å². The van der Waals surface area contributed by atoms with Crippen molar-refractivity contribution >= 4 is 28.4 Å². The van der Waals surface area contributed by atoms with Crippen molar-refractivity contribution in [1.82, 2.24) is 14.5 Å². The van der Waals surface area contributed by atoms with E-state index in [0.717, 1.165) is 29.8 Å². The molecule has 25 heavy (non-hydrogen) atoms. The smallest absolute Gasteiger partial charge is 0.256 e. The third kappa shape index (κ3) is 3.20. The average Bonchev–Trinajstić information content (AvgIpc) is 3.03. The summed E-state index contributed by atoms with van der Waals surface area (Å²) in [5.74, 6) is 0.387. The maximum absolute atomic E-state index is 12.5. The van der Waals surface area contributed by atoms with Crippen molar-refractivity contribution in [3.63, 3.8) is 0 Å². The van der Waals surface area contributed by atoms with E-state index in [4.69, 9.17) is 0 Å². The van der Waals surface area contributed by atoms with Crippen LogP contribution in [0.4, 0.5) is 11.5 Å². The van der Waals surface area contributed by atoms with E-state index in [9.17, 15) is 4.79 Å². The maximum Gasteiger partial charge on any atom is 0.256 e. The van der Waals surface area contributed by atoms with Crippen LogP contribution >= 0.6 is 0 Å². The quantitative estimate of drug-likeness (QED) is 0.798. The van der Waals surface area contributed by atoms with E-state index in [-0.39, 0.29) is 5.91 Å². The van der Waals surface area contributed by atoms with Gasteiger partial charge < -0.3 is 14.8 Å². The Hall–Kier alpha value is -2.89. The van der Waals surface area contributed by atoms with E-state index in [0.29, 0.717) is 11.4 Å². The molecule has 1 aliphatic rings. The number of hydrogen-bond acceptors (Lipinski definition) is 4. The number of aryl methyl sites for hydroxylation is 1. The van der Waals surface area contributed by atoms with E-state index in [1.165, 1.54) is 19.3 Å². The zero-order chi connectivity index (χ0) is 17.2. The van der Waals surface area contributed by atoms with Crippen molar-refractivity contribution < 1.29 is 4.79 Å². The molecule has 6 heteroatoms. The van der Waals surface area contributed by atoms with Crippen LogP contribution in [0, 0.1) is 0 Å². The number of hydrogen-bond donors (Lipinski definition) is 1. The molecule has 2 aromatic heterocycles. The van der Waals surface area contributed by atoms with Gasteiger partial charge in [-0.1, -0.05) is 0 Å². The van der Waals surface area contributed by atoms with Gasteiger partial charge in [-0.3, -0.25) is 4.79 Å². The predicted octanol–water partition coefficient (Wildman–Crippen LogP) is 3.21. The molecular weight excluding hydrogens is 314 g/mol. The van der Waals surface area contributed by atoms with Crippen LogP contribution in [0.3, 0.4) is 0 Å². The van der Waals surface area contributed by atoms with Crippen LogP contribution in [0.5, 0.6) is 0 Å². The van der Waals surface area contributed by atoms with Gasteiger partial charge in [0.2, 0.25) is 0 Å². The summed E-state index contributed by atoms with van der Waals surface area (Å²) in [7, 11) is 1.93. The first kappa shape index (κ1) is 15.6. The van der Waals surface area contributed by atoms with Crippen LogP contribution in [0.25, 0.3) is 11.0 Å². The third-order valence-corrected chi connectivity index (χ3v) is 4.70. The molecule has 1 fully saturated rings. The molecule has 128 valence electrons. The van der Waals surface area contributed by atoms with Crippen molar-refractivity contribution in [3.05, 3.63) is 48.4 Å². The highest BCUT2D eigenvalue weighted by atomic mass is 16.1. The van der Waals surface area contributed by atoms with Gasteiger partial charge in [-0.05, 0) is 49.6 Å². The van der Waals surface area contributed by atoms with Crippen LogP contribution in [0.1, 0.15) is 29.6 Å². The van der Waals surface area contributed by atoms with Gasteiger partial charge >= 0.3 is 0 Å². The number of rotatable bonds is 3. The Morgan fingerprint density at radius 3 is 2.68 bits per heavy atom. The van der Waals surface area contributed by atoms with Crippen molar-refractivity contribution in [2.75, 3.05) is 23.3 Å². The van der Waals surface area contributed by atoms with Gasteiger partial charge in [0.1, 0.15) is 5.82 Å². The lowest BCUT2D eigenvalue weighted by molar-refractivity contribution is 0.102. The van der Waals surface area contributed by atoms with Gasteiger partial charge in [0, 0.05) is 25.7 Å². The SMILES string of the molecule is Cn1cnc2cc(C(=O)Nc3ccc(N4CCCCC4)cn3)ccc21. The van der Waals surface area contributed by atoms with Crippen LogP contribution in [-0.2, 0) is 7.05 Å². The van der Waals surface area contributed by atoms with E-state index in [2.05, 4.69) is 20.2 Å². The van der Waals surface area contributed by atoms with Crippen LogP contribution in [0.15, 0.2) is 42.9 Å². The Morgan fingerprint density at radius 2 is 1.92 bits per heavy atom. The second kappa shape index (κ2) is 6.55. The second-order valence-electron chi connectivity index (χ2n) is 6.46. The molecule has 0 atom stereocenters. The van der Waals surface area contributed by atoms with Crippen molar-refractivity contribution in [1.29, 1.82) is 0 Å². The Kier molecular flexibility index (Phi) is 4.09. The number of carbonyl (C=O) groups excluding carboxylic acids is 1. The van der Waals surface area contributed by atoms with Gasteiger partial charge in [-0.15, -0.1) is 0 Å². The zero-order valence-electron chi connectivity index (χ0n) is 14.3. The fourth-order valence-corrected chi connectivity index (χ4v) is 3.26. The zero-order valence-corrected chi connectivity index (χ0v) is 14.3. The first-order chi connectivity index (χ1) is 12.2. The fourth-order valence-electron chi connectivity index (χ4n) is 3.26. The van der Waals surface area contributed by atoms with Crippen molar-refractivity contribution in [3.8, 4) is 0 Å². The lowest BCUT2D eigenvalue weighted by atomic mass is 10.1. The molecule has 1 aromatic carbocycles. The van der Waals surface area contributed by atoms with Gasteiger partial charge in [-0.25, -0.2) is 9.97 Å². The highest BCUT2D eigenvalue weighted by Crippen LogP contribution is 2.20. The highest BCUT2D eigenvalue weighted by molar-refractivity contribution is 6.05. The number of aromatic nitrogens is 3. The summed E-state index contributed by atoms with van der Waals surface area (Å²) in [5.41, 5.74) is 3.50. The highest BCUT2D eigenvalue weighted by Gasteiger charge is 2.12. The van der Waals surface area contributed by atoms with Crippen molar-refractivity contribution in [2.24, 2.45) is 7.05 Å². The number of imidazole rings is 1. The minimum atomic E-state index is -0.175. The lowest BCUT2D eigenvalue weighted by Gasteiger charge is -2.28. The number of carbonyl (C=O) groups is 1. The van der Waals surface area contributed by atoms with E-state index >= 15 is 0 Å². The molecule has 3 heterocycles. The average molecular weight is 335 g/mol. The Labute approximate surface area is 146 Å². The number of nitrogens with one attached hydrogen (secondary N) is 1. The van der Waals surface area contributed by atoms with Crippen LogP contribution < -0.4 is 10.2 Å². The molecule has 0 bridgehead atoms. The normalized spacial score (nSPS) is 14.7. The molecule has 0 aliphatic carbocycles. The Balaban J connectivity index is 1.47. The van der Waals surface area contributed by atoms with Crippen LogP contribution in [-0.4, -0.2) is 33.5 Å². The molecule has 0 saturated carbocycles. The minimum absolute atomic E-state index is 0.175. The van der Waals surface area contributed by atoms with E-state index in [1.54, 1.807) is 18.5 Å². The number of anilines is 2. The summed E-state index contributed by atoms with van der Waals surface area (Å²) in [5, 5.41) is 2.86. The van der Waals surface area contributed by atoms with E-state index in [1.807, 2.05) is 36.0 Å². The molecule has 0 unspecified atom stereocenters. The number of pyridine rings is 1. The Bertz CT molecular complexity index is 894. The van der Waals surface area contributed by atoms with Gasteiger partial charge in [0.15, 0.2) is 0 Å². The van der Waals surface area contributed by atoms with Gasteiger partial charge in [0.25, 0.3) is 5.91 Å². The number of fused-ring (bicyclic) bond motifs is 1. The second-order valence-corrected chi connectivity index (χ2v) is 6.46. The minimum Gasteiger partial charge on any atom is -0.370 e. The molecule has 0 radical (unpaired) electrons. The molecule has 1 aliphatic heterocycles. The Morgan fingerprint density at radius 1 is 1.08 bits per heavy atom. The summed E-state index contributed by atoms with van der Waals surface area (Å²) in [6.45, 7) is 2.16. The molecule has 1 saturated heterocycles. The molecule has 6 nitrogen and oxygen atoms in total. The summed E-state index contributed by atoms with van der Waals surface area (Å²) in [4.78, 5) is 23.5. The largest absolute Gasteiger partial charge is 0.370 e. The number of amides is 1. The molecule has 1 N–H and O–H groups in total. The lowest BCUT2D eigenvalue weighted by Crippen LogP contribution is -2.29. The topological polar surface area (TPSA) is 63.1 Å². The number of piperidine rings is 1. The summed E-state index contributed by atoms with van der Waals surface area (Å²) >= 11 is 0. The summed E-state index contributed by atoms with van der Waals surface area (Å²) < 4.78 is 1.93. The van der Waals surface area contributed by atoms with Gasteiger partial charge in [-0.2, -0.15) is 0 Å². The van der Waals surface area contributed by atoms with Crippen LogP contribution in [0.2, 0.25) is 0 Å². The van der Waals surface area contributed by atoms with Crippen molar-refractivity contribution in [2.45, 2.75) is 19.3 Å². The summed E-state index contributed by atoms with van der Waals surface area (Å²) in [6.07, 6.45) is 7.35. The fraction of sp³-hybridized carbons (Fsp3) is 0.316. The molecule has 4 rings (SSSR count). The van der Waals surface area contributed by atoms with E-state index < -0.39 is 0 Å². The number of benzene rings is 1. The standard InChI is InChI=1S/C19H21N5O/c1-23-13-21-16-11-14(5-7-17(16)23)19(25)22-18-8-6-15(12-20-18)24-9-3-2-4-10-24/h5-8,11-13H,2-4,9-10H2,1H3,(H,20,22,25). The molecule has 1 amide bonds. The maximum atomic E-state index is 12.5. The third-order valence-electron chi connectivity index (χ3n) is 4.70. The predicted molar refractivity (Wildman–Crippen MR) is 99.0 cm³/mol. The monoisotopic (exact) mass is 335 g/mol. The molecule has 0 spiro atoms. The first-order valence-corrected chi connectivity index (χ1v) is 8.64. The molecule has 3 aromatic rings.